The number of rotatable bonds is 10. The number of carboxylic acid groups (broad SMARTS) is 2. The van der Waals surface area contributed by atoms with Crippen LogP contribution in [0.3, 0.4) is 0 Å². The number of aliphatic hydroxyl groups excluding tert-OH is 4. The van der Waals surface area contributed by atoms with E-state index in [1.165, 1.54) is 36.4 Å². The topological polar surface area (TPSA) is 303 Å². The van der Waals surface area contributed by atoms with Crippen LogP contribution < -0.4 is 75.8 Å². The van der Waals surface area contributed by atoms with Gasteiger partial charge in [-0.15, -0.1) is 0 Å². The summed E-state index contributed by atoms with van der Waals surface area (Å²) in [4.78, 5) is 26.8. The van der Waals surface area contributed by atoms with Gasteiger partial charge in [-0.3, -0.25) is 0 Å². The van der Waals surface area contributed by atoms with E-state index < -0.39 is 60.8 Å². The molecule has 12 aromatic rings. The SMILES string of the molecule is O=C(O)c1cc2cc(c1)Oc1cc3cc(c1)C1Oc4cc5c6cc4C(CCO)c4cc7c(cc4O1)OC1Oc4cc8c(cc4C7CCO)C(CCO)c4cc(c7cc4OC(O8)c4cc(cc(c4)Oc4cc(cc(C(=O)O)c4)Oc4cc(cc1c4)Oc1cccc(c1)O3)Oc1cccc(c1)Oc1cc(cc(c1)C(O5)O7)O2)C6CCO. The van der Waals surface area contributed by atoms with E-state index in [1.807, 2.05) is 24.3 Å². The Labute approximate surface area is 647 Å². The van der Waals surface area contributed by atoms with Crippen LogP contribution in [0.4, 0.5) is 0 Å². The van der Waals surface area contributed by atoms with Crippen LogP contribution in [0.2, 0.25) is 0 Å². The molecule has 114 heavy (non-hydrogen) atoms. The van der Waals surface area contributed by atoms with E-state index in [-0.39, 0.29) is 201 Å². The quantitative estimate of drug-likeness (QED) is 0.0741. The van der Waals surface area contributed by atoms with Crippen LogP contribution in [-0.2, 0) is 0 Å². The van der Waals surface area contributed by atoms with Crippen molar-refractivity contribution >= 4 is 11.9 Å². The molecule has 21 rings (SSSR count). The highest BCUT2D eigenvalue weighted by Crippen LogP contribution is 2.59. The number of hydrogen-bond acceptors (Lipinski definition) is 22. The van der Waals surface area contributed by atoms with Crippen molar-refractivity contribution in [3.63, 3.8) is 0 Å². The van der Waals surface area contributed by atoms with Crippen molar-refractivity contribution in [3.8, 4) is 138 Å². The number of carbonyl (C=O) groups is 2. The van der Waals surface area contributed by atoms with Gasteiger partial charge in [-0.1, -0.05) is 12.1 Å². The molecule has 40 bridgehead atoms. The molecule has 0 unspecified atom stereocenters. The van der Waals surface area contributed by atoms with Crippen LogP contribution >= 0.6 is 0 Å². The van der Waals surface area contributed by atoms with Crippen LogP contribution in [0, 0.1) is 0 Å². The monoisotopic (exact) mass is 1530 g/mol. The van der Waals surface area contributed by atoms with Gasteiger partial charge >= 0.3 is 11.9 Å². The summed E-state index contributed by atoms with van der Waals surface area (Å²) >= 11 is 0. The molecule has 0 amide bonds. The summed E-state index contributed by atoms with van der Waals surface area (Å²) < 4.78 is 115. The van der Waals surface area contributed by atoms with Gasteiger partial charge in [-0.2, -0.15) is 0 Å². The maximum atomic E-state index is 13.4. The Morgan fingerprint density at radius 1 is 0.228 bits per heavy atom. The minimum Gasteiger partial charge on any atom is -0.478 e. The van der Waals surface area contributed by atoms with Crippen LogP contribution in [0.5, 0.6) is 138 Å². The van der Waals surface area contributed by atoms with Gasteiger partial charge in [0.05, 0.1) is 11.1 Å². The zero-order valence-corrected chi connectivity index (χ0v) is 59.9. The summed E-state index contributed by atoms with van der Waals surface area (Å²) in [5.41, 5.74) is 5.05. The lowest BCUT2D eigenvalue weighted by Gasteiger charge is -2.38. The zero-order chi connectivity index (χ0) is 76.7. The first kappa shape index (κ1) is 68.3. The molecule has 24 nitrogen and oxygen atoms in total. The molecule has 1 aliphatic carbocycles. The Kier molecular flexibility index (Phi) is 16.2. The Bertz CT molecular complexity index is 5260. The van der Waals surface area contributed by atoms with E-state index in [2.05, 4.69) is 0 Å². The van der Waals surface area contributed by atoms with Crippen LogP contribution in [-0.4, -0.2) is 69.0 Å². The molecule has 9 aliphatic rings. The lowest BCUT2D eigenvalue weighted by Crippen LogP contribution is -2.26. The van der Waals surface area contributed by atoms with Gasteiger partial charge in [-0.05, 0) is 147 Å². The second kappa shape index (κ2) is 27.0. The number of fused-ring (bicyclic) bond motifs is 16. The van der Waals surface area contributed by atoms with Gasteiger partial charge < -0.3 is 106 Å². The molecule has 24 heteroatoms. The number of ether oxygens (including phenoxy) is 16. The average Bonchev–Trinajstić information content (AvgIpc) is 0.726. The third-order valence-electron chi connectivity index (χ3n) is 21.6. The zero-order valence-electron chi connectivity index (χ0n) is 59.9. The fourth-order valence-electron chi connectivity index (χ4n) is 16.7. The molecule has 8 aliphatic heterocycles. The van der Waals surface area contributed by atoms with Crippen molar-refractivity contribution in [3.05, 3.63) is 284 Å². The van der Waals surface area contributed by atoms with Crippen LogP contribution in [0.1, 0.15) is 162 Å². The number of aromatic carboxylic acids is 2. The normalized spacial score (nSPS) is 19.5. The Morgan fingerprint density at radius 3 is 0.588 bits per heavy atom. The summed E-state index contributed by atoms with van der Waals surface area (Å²) in [5, 5.41) is 68.8. The number of aliphatic hydroxyl groups is 4. The molecule has 0 fully saturated rings. The van der Waals surface area contributed by atoms with E-state index in [9.17, 15) is 40.2 Å². The summed E-state index contributed by atoms with van der Waals surface area (Å²) in [7, 11) is 0. The van der Waals surface area contributed by atoms with Crippen molar-refractivity contribution in [2.75, 3.05) is 26.4 Å². The van der Waals surface area contributed by atoms with E-state index >= 15 is 0 Å². The standard InChI is InChI=1S/C90H64O24/c91-11-7-65-69-35-70-66(8-12-92)74-38-76-68(10-14-94)72-36-71-67(9-13-93)75-37-73(65)81-41-83(75)113-89-47-21-59-33-63(25-47)105-55-17-43(85(95)96)15-53(29-55)103-61-23-45-19-57(31-61)99-49-3-1-4-50(27-49)100-58-20-46-24-62(32-58)104-54-16-44(86(97)98)18-56(30-54)106-64-26-48(22-60(34-64)102-52-6-2-5-51(28-52)101-59)90(110-80(72)40-79(71)109-89)114-84(76)42-82(74)112-88(46)108-78(70)39-77(69)107-87(45)111-81/h1-6,15-42,65-68,87-94H,7-14H2,(H,95,96)(H,97,98). The Balaban J connectivity index is 0.958. The first-order valence-electron chi connectivity index (χ1n) is 37.2. The van der Waals surface area contributed by atoms with Gasteiger partial charge in [0.1, 0.15) is 138 Å². The first-order valence-corrected chi connectivity index (χ1v) is 37.2. The lowest BCUT2D eigenvalue weighted by atomic mass is 9.77. The number of hydrogen-bond donors (Lipinski definition) is 6. The summed E-state index contributed by atoms with van der Waals surface area (Å²) in [6.45, 7) is -1.47. The van der Waals surface area contributed by atoms with E-state index in [0.717, 1.165) is 0 Å². The summed E-state index contributed by atoms with van der Waals surface area (Å²) in [5.74, 6) is -2.07. The largest absolute Gasteiger partial charge is 0.478 e. The minimum absolute atomic E-state index is 0.0151. The molecule has 6 N–H and O–H groups in total. The van der Waals surface area contributed by atoms with Crippen molar-refractivity contribution in [1.29, 1.82) is 0 Å². The third kappa shape index (κ3) is 12.3. The molecular weight excluding hydrogens is 1460 g/mol. The van der Waals surface area contributed by atoms with Crippen molar-refractivity contribution in [2.24, 2.45) is 0 Å². The second-order valence-electron chi connectivity index (χ2n) is 29.0. The van der Waals surface area contributed by atoms with Gasteiger partial charge in [-0.25, -0.2) is 9.59 Å². The predicted molar refractivity (Wildman–Crippen MR) is 402 cm³/mol. The summed E-state index contributed by atoms with van der Waals surface area (Å²) in [6, 6.07) is 56.9. The molecule has 0 saturated carbocycles. The van der Waals surface area contributed by atoms with Gasteiger partial charge in [0.15, 0.2) is 0 Å². The fraction of sp³-hybridized carbons (Fsp3) is 0.178. The molecule has 568 valence electrons. The molecule has 0 saturated heterocycles. The molecule has 8 heterocycles. The van der Waals surface area contributed by atoms with Crippen LogP contribution in [0.15, 0.2) is 206 Å². The van der Waals surface area contributed by atoms with Crippen molar-refractivity contribution in [2.45, 2.75) is 74.5 Å². The fourth-order valence-corrected chi connectivity index (χ4v) is 16.7. The highest BCUT2D eigenvalue weighted by molar-refractivity contribution is 5.89. The minimum atomic E-state index is -1.50. The number of carboxylic acids is 2. The summed E-state index contributed by atoms with van der Waals surface area (Å²) in [6.07, 6.45) is -5.76. The van der Waals surface area contributed by atoms with E-state index in [1.54, 1.807) is 146 Å². The highest BCUT2D eigenvalue weighted by atomic mass is 16.7. The second-order valence-corrected chi connectivity index (χ2v) is 29.0. The highest BCUT2D eigenvalue weighted by Gasteiger charge is 2.43. The first-order chi connectivity index (χ1) is 55.7. The van der Waals surface area contributed by atoms with Crippen molar-refractivity contribution in [1.82, 2.24) is 0 Å². The molecule has 0 atom stereocenters. The third-order valence-corrected chi connectivity index (χ3v) is 21.6. The lowest BCUT2D eigenvalue weighted by molar-refractivity contribution is -0.0124. The predicted octanol–water partition coefficient (Wildman–Crippen LogP) is 18.9. The van der Waals surface area contributed by atoms with Crippen LogP contribution in [0.25, 0.3) is 0 Å². The molecule has 0 aromatic heterocycles. The maximum Gasteiger partial charge on any atom is 0.335 e. The Hall–Kier alpha value is -13.8. The molecule has 0 radical (unpaired) electrons. The smallest absolute Gasteiger partial charge is 0.335 e. The molecular formula is C90H64O24. The van der Waals surface area contributed by atoms with Gasteiger partial charge in [0.25, 0.3) is 25.2 Å². The van der Waals surface area contributed by atoms with Gasteiger partial charge in [0, 0.05) is 190 Å². The van der Waals surface area contributed by atoms with E-state index in [4.69, 9.17) is 75.8 Å². The molecule has 0 spiro atoms. The van der Waals surface area contributed by atoms with Crippen molar-refractivity contribution < 1.29 is 116 Å². The van der Waals surface area contributed by atoms with Gasteiger partial charge in [0.2, 0.25) is 0 Å². The average molecular weight is 1530 g/mol. The van der Waals surface area contributed by atoms with E-state index in [0.29, 0.717) is 66.8 Å². The molecule has 12 aromatic carbocycles. The number of benzene rings is 12. The maximum absolute atomic E-state index is 13.4. The Morgan fingerprint density at radius 2 is 0.404 bits per heavy atom.